The highest BCUT2D eigenvalue weighted by Crippen LogP contribution is 2.26. The monoisotopic (exact) mass is 390 g/mol. The number of ether oxygens (including phenoxy) is 2. The van der Waals surface area contributed by atoms with Gasteiger partial charge in [-0.2, -0.15) is 0 Å². The SMILES string of the molecule is Nc1cc(N)cc(-c2ccc(OCCCOC(=O)CCc3ccccc3)cc2)c1. The third-order valence-corrected chi connectivity index (χ3v) is 4.45. The van der Waals surface area contributed by atoms with Gasteiger partial charge in [-0.25, -0.2) is 0 Å². The van der Waals surface area contributed by atoms with Crippen LogP contribution in [-0.2, 0) is 16.0 Å². The fourth-order valence-electron chi connectivity index (χ4n) is 2.99. The molecule has 0 amide bonds. The number of esters is 1. The molecular formula is C24H26N2O3. The predicted octanol–water partition coefficient (Wildman–Crippen LogP) is 4.46. The Balaban J connectivity index is 1.36. The van der Waals surface area contributed by atoms with E-state index in [4.69, 9.17) is 20.9 Å². The van der Waals surface area contributed by atoms with Gasteiger partial charge >= 0.3 is 5.97 Å². The predicted molar refractivity (Wildman–Crippen MR) is 117 cm³/mol. The first-order chi connectivity index (χ1) is 14.1. The molecule has 0 aliphatic rings. The number of rotatable bonds is 9. The van der Waals surface area contributed by atoms with Crippen LogP contribution in [0.5, 0.6) is 5.75 Å². The summed E-state index contributed by atoms with van der Waals surface area (Å²) in [6.07, 6.45) is 1.73. The van der Waals surface area contributed by atoms with Gasteiger partial charge in [0.25, 0.3) is 0 Å². The molecule has 3 aromatic carbocycles. The summed E-state index contributed by atoms with van der Waals surface area (Å²) in [6.45, 7) is 0.838. The number of nitrogen functional groups attached to an aromatic ring is 2. The Morgan fingerprint density at radius 2 is 1.48 bits per heavy atom. The van der Waals surface area contributed by atoms with Crippen LogP contribution >= 0.6 is 0 Å². The zero-order chi connectivity index (χ0) is 20.5. The van der Waals surface area contributed by atoms with Crippen molar-refractivity contribution >= 4 is 17.3 Å². The van der Waals surface area contributed by atoms with Crippen LogP contribution in [0, 0.1) is 0 Å². The van der Waals surface area contributed by atoms with Gasteiger partial charge in [0.2, 0.25) is 0 Å². The topological polar surface area (TPSA) is 87.6 Å². The zero-order valence-electron chi connectivity index (χ0n) is 16.3. The number of hydrogen-bond acceptors (Lipinski definition) is 5. The van der Waals surface area contributed by atoms with Crippen molar-refractivity contribution in [1.29, 1.82) is 0 Å². The van der Waals surface area contributed by atoms with Gasteiger partial charge in [-0.3, -0.25) is 4.79 Å². The number of nitrogens with two attached hydrogens (primary N) is 2. The molecule has 0 fully saturated rings. The first-order valence-corrected chi connectivity index (χ1v) is 9.69. The van der Waals surface area contributed by atoms with Crippen LogP contribution in [0.3, 0.4) is 0 Å². The molecule has 0 saturated heterocycles. The molecule has 0 spiro atoms. The molecule has 0 unspecified atom stereocenters. The summed E-state index contributed by atoms with van der Waals surface area (Å²) >= 11 is 0. The van der Waals surface area contributed by atoms with Gasteiger partial charge in [0.1, 0.15) is 5.75 Å². The number of hydrogen-bond donors (Lipinski definition) is 2. The van der Waals surface area contributed by atoms with E-state index in [-0.39, 0.29) is 5.97 Å². The molecule has 0 aromatic heterocycles. The van der Waals surface area contributed by atoms with Crippen molar-refractivity contribution in [3.8, 4) is 16.9 Å². The lowest BCUT2D eigenvalue weighted by molar-refractivity contribution is -0.143. The van der Waals surface area contributed by atoms with Crippen LogP contribution in [0.25, 0.3) is 11.1 Å². The summed E-state index contributed by atoms with van der Waals surface area (Å²) in [5.74, 6) is 0.584. The molecule has 3 aromatic rings. The average molecular weight is 390 g/mol. The summed E-state index contributed by atoms with van der Waals surface area (Å²) in [5.41, 5.74) is 16.1. The standard InChI is InChI=1S/C24H26N2O3/c25-21-15-20(16-22(26)17-21)19-8-10-23(11-9-19)28-13-4-14-29-24(27)12-7-18-5-2-1-3-6-18/h1-3,5-6,8-11,15-17H,4,7,12-14,25-26H2. The van der Waals surface area contributed by atoms with E-state index in [1.54, 1.807) is 6.07 Å². The van der Waals surface area contributed by atoms with E-state index in [0.29, 0.717) is 43.9 Å². The van der Waals surface area contributed by atoms with Gasteiger partial charge in [0.05, 0.1) is 13.2 Å². The van der Waals surface area contributed by atoms with Crippen LogP contribution in [0.1, 0.15) is 18.4 Å². The van der Waals surface area contributed by atoms with Crippen molar-refractivity contribution < 1.29 is 14.3 Å². The number of aryl methyl sites for hydroxylation is 1. The summed E-state index contributed by atoms with van der Waals surface area (Å²) in [7, 11) is 0. The Morgan fingerprint density at radius 3 is 2.17 bits per heavy atom. The van der Waals surface area contributed by atoms with Crippen molar-refractivity contribution in [1.82, 2.24) is 0 Å². The van der Waals surface area contributed by atoms with Crippen LogP contribution in [-0.4, -0.2) is 19.2 Å². The molecule has 0 saturated carbocycles. The highest BCUT2D eigenvalue weighted by atomic mass is 16.5. The minimum absolute atomic E-state index is 0.181. The van der Waals surface area contributed by atoms with E-state index in [1.807, 2.05) is 66.7 Å². The molecule has 0 heterocycles. The van der Waals surface area contributed by atoms with Crippen molar-refractivity contribution in [2.24, 2.45) is 0 Å². The number of anilines is 2. The minimum atomic E-state index is -0.181. The fourth-order valence-corrected chi connectivity index (χ4v) is 2.99. The third-order valence-electron chi connectivity index (χ3n) is 4.45. The zero-order valence-corrected chi connectivity index (χ0v) is 16.3. The van der Waals surface area contributed by atoms with Crippen molar-refractivity contribution in [2.75, 3.05) is 24.7 Å². The van der Waals surface area contributed by atoms with Gasteiger partial charge < -0.3 is 20.9 Å². The van der Waals surface area contributed by atoms with Gasteiger partial charge in [0, 0.05) is 24.2 Å². The normalized spacial score (nSPS) is 10.5. The third kappa shape index (κ3) is 6.57. The molecular weight excluding hydrogens is 364 g/mol. The van der Waals surface area contributed by atoms with Crippen molar-refractivity contribution in [3.63, 3.8) is 0 Å². The highest BCUT2D eigenvalue weighted by molar-refractivity contribution is 5.72. The van der Waals surface area contributed by atoms with E-state index >= 15 is 0 Å². The molecule has 150 valence electrons. The van der Waals surface area contributed by atoms with Crippen LogP contribution in [0.15, 0.2) is 72.8 Å². The van der Waals surface area contributed by atoms with E-state index in [2.05, 4.69) is 0 Å². The van der Waals surface area contributed by atoms with Crippen LogP contribution in [0.2, 0.25) is 0 Å². The molecule has 5 heteroatoms. The smallest absolute Gasteiger partial charge is 0.306 e. The summed E-state index contributed by atoms with van der Waals surface area (Å²) < 4.78 is 11.0. The molecule has 4 N–H and O–H groups in total. The number of carbonyl (C=O) groups excluding carboxylic acids is 1. The van der Waals surface area contributed by atoms with E-state index in [1.165, 1.54) is 0 Å². The molecule has 0 radical (unpaired) electrons. The van der Waals surface area contributed by atoms with E-state index in [9.17, 15) is 4.79 Å². The molecule has 29 heavy (non-hydrogen) atoms. The average Bonchev–Trinajstić information content (AvgIpc) is 2.72. The Kier molecular flexibility index (Phi) is 7.11. The van der Waals surface area contributed by atoms with E-state index < -0.39 is 0 Å². The molecule has 0 bridgehead atoms. The van der Waals surface area contributed by atoms with E-state index in [0.717, 1.165) is 22.4 Å². The largest absolute Gasteiger partial charge is 0.493 e. The molecule has 3 rings (SSSR count). The minimum Gasteiger partial charge on any atom is -0.493 e. The Morgan fingerprint density at radius 1 is 0.793 bits per heavy atom. The fraction of sp³-hybridized carbons (Fsp3) is 0.208. The number of carbonyl (C=O) groups is 1. The van der Waals surface area contributed by atoms with Crippen molar-refractivity contribution in [2.45, 2.75) is 19.3 Å². The van der Waals surface area contributed by atoms with Crippen LogP contribution in [0.4, 0.5) is 11.4 Å². The highest BCUT2D eigenvalue weighted by Gasteiger charge is 2.04. The Labute approximate surface area is 171 Å². The second kappa shape index (κ2) is 10.2. The van der Waals surface area contributed by atoms with Gasteiger partial charge in [-0.05, 0) is 53.4 Å². The van der Waals surface area contributed by atoms with Gasteiger partial charge in [-0.15, -0.1) is 0 Å². The molecule has 0 aliphatic carbocycles. The summed E-state index contributed by atoms with van der Waals surface area (Å²) in [4.78, 5) is 11.8. The molecule has 5 nitrogen and oxygen atoms in total. The Bertz CT molecular complexity index is 904. The second-order valence-electron chi connectivity index (χ2n) is 6.82. The lowest BCUT2D eigenvalue weighted by atomic mass is 10.0. The first kappa shape index (κ1) is 20.3. The maximum atomic E-state index is 11.8. The van der Waals surface area contributed by atoms with Gasteiger partial charge in [-0.1, -0.05) is 42.5 Å². The molecule has 0 aliphatic heterocycles. The number of benzene rings is 3. The summed E-state index contributed by atoms with van der Waals surface area (Å²) in [5, 5.41) is 0. The maximum Gasteiger partial charge on any atom is 0.306 e. The van der Waals surface area contributed by atoms with Crippen molar-refractivity contribution in [3.05, 3.63) is 78.4 Å². The van der Waals surface area contributed by atoms with Gasteiger partial charge in [0.15, 0.2) is 0 Å². The quantitative estimate of drug-likeness (QED) is 0.320. The lowest BCUT2D eigenvalue weighted by Gasteiger charge is -2.09. The Hall–Kier alpha value is -3.47. The summed E-state index contributed by atoms with van der Waals surface area (Å²) in [6, 6.07) is 23.2. The first-order valence-electron chi connectivity index (χ1n) is 9.69. The molecule has 0 atom stereocenters. The van der Waals surface area contributed by atoms with Crippen LogP contribution < -0.4 is 16.2 Å². The lowest BCUT2D eigenvalue weighted by Crippen LogP contribution is -2.09. The maximum absolute atomic E-state index is 11.8. The second-order valence-corrected chi connectivity index (χ2v) is 6.82.